The number of para-hydroxylation sites is 2. The molecule has 2 heterocycles. The first-order chi connectivity index (χ1) is 11.6. The Morgan fingerprint density at radius 2 is 2.00 bits per heavy atom. The molecule has 24 heavy (non-hydrogen) atoms. The summed E-state index contributed by atoms with van der Waals surface area (Å²) in [7, 11) is 1.69. The predicted octanol–water partition coefficient (Wildman–Crippen LogP) is 1.13. The second kappa shape index (κ2) is 6.53. The Kier molecular flexibility index (Phi) is 4.28. The van der Waals surface area contributed by atoms with Gasteiger partial charge in [-0.2, -0.15) is 5.10 Å². The molecule has 0 amide bonds. The Bertz CT molecular complexity index is 945. The second-order valence-corrected chi connectivity index (χ2v) is 5.04. The maximum absolute atomic E-state index is 12.3. The van der Waals surface area contributed by atoms with Crippen LogP contribution in [0.15, 0.2) is 41.6 Å². The monoisotopic (exact) mass is 328 g/mol. The van der Waals surface area contributed by atoms with Gasteiger partial charge in [-0.3, -0.25) is 14.0 Å². The summed E-state index contributed by atoms with van der Waals surface area (Å²) >= 11 is 0. The van der Waals surface area contributed by atoms with Crippen molar-refractivity contribution in [3.63, 3.8) is 0 Å². The molecule has 0 saturated heterocycles. The number of carbonyl (C=O) groups excluding carboxylic acids is 1. The first-order valence-electron chi connectivity index (χ1n) is 7.39. The summed E-state index contributed by atoms with van der Waals surface area (Å²) in [6.07, 6.45) is 2.74. The molecule has 0 bridgehead atoms. The minimum atomic E-state index is -0.589. The zero-order valence-electron chi connectivity index (χ0n) is 13.3. The molecule has 0 aliphatic carbocycles. The van der Waals surface area contributed by atoms with Crippen molar-refractivity contribution in [2.75, 3.05) is 6.61 Å². The third-order valence-corrected chi connectivity index (χ3v) is 3.39. The van der Waals surface area contributed by atoms with Crippen LogP contribution in [0.2, 0.25) is 0 Å². The van der Waals surface area contributed by atoms with Crippen molar-refractivity contribution in [2.24, 2.45) is 7.05 Å². The highest BCUT2D eigenvalue weighted by molar-refractivity contribution is 5.75. The highest BCUT2D eigenvalue weighted by Gasteiger charge is 2.14. The van der Waals surface area contributed by atoms with Crippen LogP contribution in [0.25, 0.3) is 11.0 Å². The van der Waals surface area contributed by atoms with Crippen LogP contribution in [-0.2, 0) is 18.4 Å². The highest BCUT2D eigenvalue weighted by Crippen LogP contribution is 2.26. The van der Waals surface area contributed by atoms with Crippen LogP contribution in [0.4, 0.5) is 0 Å². The van der Waals surface area contributed by atoms with Crippen LogP contribution in [0.1, 0.15) is 6.92 Å². The molecule has 0 aliphatic heterocycles. The van der Waals surface area contributed by atoms with Crippen LogP contribution >= 0.6 is 0 Å². The number of aryl methyl sites for hydroxylation is 1. The summed E-state index contributed by atoms with van der Waals surface area (Å²) in [6, 6.07) is 6.86. The third kappa shape index (κ3) is 2.98. The van der Waals surface area contributed by atoms with Gasteiger partial charge in [-0.1, -0.05) is 12.1 Å². The van der Waals surface area contributed by atoms with Gasteiger partial charge in [0.05, 0.1) is 12.8 Å². The Balaban J connectivity index is 1.81. The molecule has 0 aliphatic rings. The lowest BCUT2D eigenvalue weighted by atomic mass is 10.3. The van der Waals surface area contributed by atoms with Gasteiger partial charge in [0.15, 0.2) is 17.1 Å². The molecule has 0 spiro atoms. The van der Waals surface area contributed by atoms with E-state index >= 15 is 0 Å². The number of nitrogens with zero attached hydrogens (tertiary/aromatic N) is 4. The Labute approximate surface area is 137 Å². The summed E-state index contributed by atoms with van der Waals surface area (Å²) in [5.41, 5.74) is 0.120. The van der Waals surface area contributed by atoms with Crippen LogP contribution in [-0.4, -0.2) is 31.9 Å². The number of hydrogen-bond acceptors (Lipinski definition) is 6. The third-order valence-electron chi connectivity index (χ3n) is 3.39. The number of ether oxygens (including phenoxy) is 2. The lowest BCUT2D eigenvalue weighted by Gasteiger charge is -2.10. The van der Waals surface area contributed by atoms with E-state index in [1.807, 2.05) is 6.92 Å². The fourth-order valence-corrected chi connectivity index (χ4v) is 2.28. The minimum absolute atomic E-state index is 0.253. The number of hydrogen-bond donors (Lipinski definition) is 0. The number of benzene rings is 1. The quantitative estimate of drug-likeness (QED) is 0.515. The Hall–Kier alpha value is -3.16. The van der Waals surface area contributed by atoms with E-state index in [2.05, 4.69) is 10.1 Å². The van der Waals surface area contributed by atoms with Gasteiger partial charge in [0.25, 0.3) is 5.56 Å². The molecule has 0 saturated carbocycles. The van der Waals surface area contributed by atoms with E-state index in [0.717, 1.165) is 0 Å². The van der Waals surface area contributed by atoms with E-state index in [4.69, 9.17) is 9.47 Å². The predicted molar refractivity (Wildman–Crippen MR) is 86.0 cm³/mol. The van der Waals surface area contributed by atoms with Crippen molar-refractivity contribution in [1.82, 2.24) is 19.3 Å². The number of carbonyl (C=O) groups is 1. The normalized spacial score (nSPS) is 10.8. The van der Waals surface area contributed by atoms with Gasteiger partial charge in [0.1, 0.15) is 18.3 Å². The van der Waals surface area contributed by atoms with Crippen molar-refractivity contribution in [3.05, 3.63) is 47.1 Å². The van der Waals surface area contributed by atoms with Gasteiger partial charge in [-0.25, -0.2) is 9.78 Å². The smallest absolute Gasteiger partial charge is 0.331 e. The number of aromatic nitrogens is 4. The topological polar surface area (TPSA) is 88.2 Å². The van der Waals surface area contributed by atoms with E-state index in [-0.39, 0.29) is 12.1 Å². The van der Waals surface area contributed by atoms with E-state index in [0.29, 0.717) is 29.1 Å². The summed E-state index contributed by atoms with van der Waals surface area (Å²) in [5, 5.41) is 4.33. The van der Waals surface area contributed by atoms with Crippen molar-refractivity contribution < 1.29 is 14.3 Å². The van der Waals surface area contributed by atoms with Crippen LogP contribution < -0.4 is 15.0 Å². The van der Waals surface area contributed by atoms with Gasteiger partial charge in [-0.15, -0.1) is 0 Å². The van der Waals surface area contributed by atoms with E-state index in [9.17, 15) is 9.59 Å². The van der Waals surface area contributed by atoms with Crippen LogP contribution in [0, 0.1) is 0 Å². The lowest BCUT2D eigenvalue weighted by molar-refractivity contribution is -0.135. The largest absolute Gasteiger partial charge is 0.490 e. The van der Waals surface area contributed by atoms with Gasteiger partial charge in [0, 0.05) is 7.05 Å². The van der Waals surface area contributed by atoms with Crippen molar-refractivity contribution in [1.29, 1.82) is 0 Å². The Morgan fingerprint density at radius 3 is 2.75 bits per heavy atom. The molecule has 1 aromatic carbocycles. The lowest BCUT2D eigenvalue weighted by Crippen LogP contribution is -2.27. The number of rotatable bonds is 5. The number of esters is 1. The molecule has 2 aromatic heterocycles. The van der Waals surface area contributed by atoms with Gasteiger partial charge in [-0.05, 0) is 19.1 Å². The van der Waals surface area contributed by atoms with Gasteiger partial charge in [0.2, 0.25) is 0 Å². The summed E-state index contributed by atoms with van der Waals surface area (Å²) in [6.45, 7) is 2.04. The van der Waals surface area contributed by atoms with E-state index in [1.54, 1.807) is 31.3 Å². The van der Waals surface area contributed by atoms with E-state index in [1.165, 1.54) is 21.8 Å². The summed E-state index contributed by atoms with van der Waals surface area (Å²) in [4.78, 5) is 28.6. The first kappa shape index (κ1) is 15.7. The second-order valence-electron chi connectivity index (χ2n) is 5.04. The SMILES string of the molecule is CCOc1ccccc1OC(=O)Cn1cnc2c(cnn2C)c1=O. The van der Waals surface area contributed by atoms with Gasteiger partial charge < -0.3 is 9.47 Å². The van der Waals surface area contributed by atoms with Crippen molar-refractivity contribution >= 4 is 17.0 Å². The molecular formula is C16H16N4O4. The molecule has 3 aromatic rings. The average Bonchev–Trinajstić information content (AvgIpc) is 2.94. The fraction of sp³-hybridized carbons (Fsp3) is 0.250. The van der Waals surface area contributed by atoms with Crippen LogP contribution in [0.3, 0.4) is 0 Å². The molecule has 0 fully saturated rings. The minimum Gasteiger partial charge on any atom is -0.490 e. The molecule has 0 N–H and O–H groups in total. The fourth-order valence-electron chi connectivity index (χ4n) is 2.28. The molecule has 0 unspecified atom stereocenters. The van der Waals surface area contributed by atoms with Crippen LogP contribution in [0.5, 0.6) is 11.5 Å². The molecule has 0 radical (unpaired) electrons. The molecule has 8 nitrogen and oxygen atoms in total. The number of fused-ring (bicyclic) bond motifs is 1. The molecular weight excluding hydrogens is 312 g/mol. The maximum Gasteiger partial charge on any atom is 0.331 e. The maximum atomic E-state index is 12.3. The Morgan fingerprint density at radius 1 is 1.25 bits per heavy atom. The average molecular weight is 328 g/mol. The van der Waals surface area contributed by atoms with E-state index < -0.39 is 5.97 Å². The molecule has 0 atom stereocenters. The molecule has 8 heteroatoms. The zero-order valence-corrected chi connectivity index (χ0v) is 13.3. The van der Waals surface area contributed by atoms with Crippen molar-refractivity contribution in [2.45, 2.75) is 13.5 Å². The molecule has 3 rings (SSSR count). The summed E-state index contributed by atoms with van der Waals surface area (Å²) < 4.78 is 13.4. The zero-order chi connectivity index (χ0) is 17.1. The standard InChI is InChI=1S/C16H16N4O4/c1-3-23-12-6-4-5-7-13(12)24-14(21)9-20-10-17-15-11(16(20)22)8-18-19(15)2/h4-8,10H,3,9H2,1-2H3. The summed E-state index contributed by atoms with van der Waals surface area (Å²) in [5.74, 6) is 0.198. The highest BCUT2D eigenvalue weighted by atomic mass is 16.6. The van der Waals surface area contributed by atoms with Crippen molar-refractivity contribution in [3.8, 4) is 11.5 Å². The molecule has 124 valence electrons. The first-order valence-corrected chi connectivity index (χ1v) is 7.39. The van der Waals surface area contributed by atoms with Gasteiger partial charge >= 0.3 is 5.97 Å².